The van der Waals surface area contributed by atoms with E-state index in [1.807, 2.05) is 41.5 Å². The molecule has 0 aliphatic heterocycles. The second-order valence-corrected chi connectivity index (χ2v) is 8.67. The zero-order chi connectivity index (χ0) is 18.5. The van der Waals surface area contributed by atoms with Gasteiger partial charge < -0.3 is 15.7 Å². The Bertz CT molecular complexity index is 575. The maximum absolute atomic E-state index is 12.1. The predicted molar refractivity (Wildman–Crippen MR) is 98.2 cm³/mol. The minimum Gasteiger partial charge on any atom is -0.383 e. The normalized spacial score (nSPS) is 14.1. The number of amides is 2. The van der Waals surface area contributed by atoms with Gasteiger partial charge in [0.05, 0.1) is 6.42 Å². The molecular formula is C18H30N2O3S. The SMILES string of the molecule is CCC(CNC(=O)Cc1sc(C)cc1C)NC(=O)C(O)C(C)(C)C. The Balaban J connectivity index is 2.50. The Morgan fingerprint density at radius 1 is 1.29 bits per heavy atom. The highest BCUT2D eigenvalue weighted by atomic mass is 32.1. The molecule has 0 aromatic carbocycles. The Morgan fingerprint density at radius 2 is 1.92 bits per heavy atom. The van der Waals surface area contributed by atoms with Crippen LogP contribution in [0.2, 0.25) is 0 Å². The van der Waals surface area contributed by atoms with Crippen molar-refractivity contribution in [3.8, 4) is 0 Å². The second kappa shape index (κ2) is 8.62. The summed E-state index contributed by atoms with van der Waals surface area (Å²) in [6, 6.07) is 1.89. The standard InChI is InChI=1S/C18H30N2O3S/c1-7-13(20-17(23)16(22)18(4,5)6)10-19-15(21)9-14-11(2)8-12(3)24-14/h8,13,16,22H,7,9-10H2,1-6H3,(H,19,21)(H,20,23). The fourth-order valence-corrected chi connectivity index (χ4v) is 3.33. The van der Waals surface area contributed by atoms with Crippen LogP contribution in [0.1, 0.15) is 49.4 Å². The van der Waals surface area contributed by atoms with Crippen LogP contribution in [-0.4, -0.2) is 35.6 Å². The van der Waals surface area contributed by atoms with E-state index in [0.717, 1.165) is 10.4 Å². The molecule has 1 rings (SSSR count). The fraction of sp³-hybridized carbons (Fsp3) is 0.667. The molecular weight excluding hydrogens is 324 g/mol. The molecule has 0 saturated carbocycles. The smallest absolute Gasteiger partial charge is 0.249 e. The van der Waals surface area contributed by atoms with Crippen molar-refractivity contribution < 1.29 is 14.7 Å². The molecule has 2 atom stereocenters. The monoisotopic (exact) mass is 354 g/mol. The first kappa shape index (κ1) is 20.6. The average Bonchev–Trinajstić information content (AvgIpc) is 2.79. The van der Waals surface area contributed by atoms with Crippen LogP contribution in [0.4, 0.5) is 0 Å². The highest BCUT2D eigenvalue weighted by Crippen LogP contribution is 2.21. The summed E-state index contributed by atoms with van der Waals surface area (Å²) in [5, 5.41) is 15.7. The van der Waals surface area contributed by atoms with E-state index in [1.54, 1.807) is 11.3 Å². The molecule has 0 aliphatic carbocycles. The van der Waals surface area contributed by atoms with Gasteiger partial charge in [-0.15, -0.1) is 11.3 Å². The summed E-state index contributed by atoms with van der Waals surface area (Å²) in [5.74, 6) is -0.447. The molecule has 0 spiro atoms. The molecule has 24 heavy (non-hydrogen) atoms. The highest BCUT2D eigenvalue weighted by Gasteiger charge is 2.30. The molecule has 5 nitrogen and oxygen atoms in total. The third kappa shape index (κ3) is 6.24. The number of aliphatic hydroxyl groups is 1. The first-order valence-electron chi connectivity index (χ1n) is 8.35. The number of thiophene rings is 1. The van der Waals surface area contributed by atoms with Crippen LogP contribution in [0, 0.1) is 19.3 Å². The quantitative estimate of drug-likeness (QED) is 0.703. The second-order valence-electron chi connectivity index (χ2n) is 7.33. The number of hydrogen-bond acceptors (Lipinski definition) is 4. The minimum atomic E-state index is -1.07. The zero-order valence-corrected chi connectivity index (χ0v) is 16.3. The lowest BCUT2D eigenvalue weighted by Gasteiger charge is -2.27. The lowest BCUT2D eigenvalue weighted by atomic mass is 9.88. The van der Waals surface area contributed by atoms with E-state index in [2.05, 4.69) is 16.7 Å². The van der Waals surface area contributed by atoms with Crippen molar-refractivity contribution in [2.45, 2.75) is 66.5 Å². The molecule has 1 aromatic rings. The van der Waals surface area contributed by atoms with Crippen molar-refractivity contribution in [1.29, 1.82) is 0 Å². The number of aliphatic hydroxyl groups excluding tert-OH is 1. The van der Waals surface area contributed by atoms with Crippen molar-refractivity contribution >= 4 is 23.2 Å². The number of hydrogen-bond donors (Lipinski definition) is 3. The van der Waals surface area contributed by atoms with E-state index >= 15 is 0 Å². The lowest BCUT2D eigenvalue weighted by molar-refractivity contribution is -0.135. The molecule has 1 heterocycles. The van der Waals surface area contributed by atoms with Gasteiger partial charge in [0, 0.05) is 22.3 Å². The van der Waals surface area contributed by atoms with E-state index in [-0.39, 0.29) is 11.9 Å². The number of carbonyl (C=O) groups excluding carboxylic acids is 2. The van der Waals surface area contributed by atoms with Crippen LogP contribution in [0.15, 0.2) is 6.07 Å². The van der Waals surface area contributed by atoms with Gasteiger partial charge in [-0.3, -0.25) is 9.59 Å². The van der Waals surface area contributed by atoms with E-state index < -0.39 is 17.4 Å². The summed E-state index contributed by atoms with van der Waals surface area (Å²) in [7, 11) is 0. The topological polar surface area (TPSA) is 78.4 Å². The molecule has 1 aromatic heterocycles. The first-order valence-corrected chi connectivity index (χ1v) is 9.17. The number of aryl methyl sites for hydroxylation is 2. The zero-order valence-electron chi connectivity index (χ0n) is 15.5. The lowest BCUT2D eigenvalue weighted by Crippen LogP contribution is -2.50. The van der Waals surface area contributed by atoms with E-state index in [1.165, 1.54) is 4.88 Å². The summed E-state index contributed by atoms with van der Waals surface area (Å²) in [5.41, 5.74) is 0.626. The van der Waals surface area contributed by atoms with E-state index in [9.17, 15) is 14.7 Å². The Kier molecular flexibility index (Phi) is 7.42. The van der Waals surface area contributed by atoms with Crippen molar-refractivity contribution in [3.05, 3.63) is 21.4 Å². The van der Waals surface area contributed by atoms with Crippen LogP contribution >= 0.6 is 11.3 Å². The molecule has 0 saturated heterocycles. The maximum atomic E-state index is 12.1. The summed E-state index contributed by atoms with van der Waals surface area (Å²) in [6.45, 7) is 11.8. The van der Waals surface area contributed by atoms with E-state index in [4.69, 9.17) is 0 Å². The average molecular weight is 355 g/mol. The number of nitrogens with one attached hydrogen (secondary N) is 2. The van der Waals surface area contributed by atoms with Crippen molar-refractivity contribution in [2.24, 2.45) is 5.41 Å². The van der Waals surface area contributed by atoms with E-state index in [0.29, 0.717) is 19.4 Å². The third-order valence-corrected chi connectivity index (χ3v) is 5.07. The van der Waals surface area contributed by atoms with Crippen LogP contribution < -0.4 is 10.6 Å². The van der Waals surface area contributed by atoms with Gasteiger partial charge >= 0.3 is 0 Å². The van der Waals surface area contributed by atoms with Gasteiger partial charge in [0.2, 0.25) is 11.8 Å². The molecule has 136 valence electrons. The minimum absolute atomic E-state index is 0.0518. The van der Waals surface area contributed by atoms with Gasteiger partial charge in [-0.2, -0.15) is 0 Å². The van der Waals surface area contributed by atoms with Gasteiger partial charge in [0.25, 0.3) is 0 Å². The van der Waals surface area contributed by atoms with Crippen LogP contribution in [0.5, 0.6) is 0 Å². The molecule has 0 radical (unpaired) electrons. The number of carbonyl (C=O) groups is 2. The summed E-state index contributed by atoms with van der Waals surface area (Å²) < 4.78 is 0. The van der Waals surface area contributed by atoms with Gasteiger partial charge in [0.15, 0.2) is 0 Å². The Labute approximate surface area is 148 Å². The van der Waals surface area contributed by atoms with Crippen LogP contribution in [-0.2, 0) is 16.0 Å². The summed E-state index contributed by atoms with van der Waals surface area (Å²) >= 11 is 1.64. The van der Waals surface area contributed by atoms with Gasteiger partial charge in [0.1, 0.15) is 6.10 Å². The molecule has 0 aliphatic rings. The van der Waals surface area contributed by atoms with Crippen molar-refractivity contribution in [3.63, 3.8) is 0 Å². The molecule has 0 fully saturated rings. The molecule has 6 heteroatoms. The molecule has 2 unspecified atom stereocenters. The molecule has 3 N–H and O–H groups in total. The van der Waals surface area contributed by atoms with Crippen molar-refractivity contribution in [2.75, 3.05) is 6.54 Å². The molecule has 0 bridgehead atoms. The predicted octanol–water partition coefficient (Wildman–Crippen LogP) is 2.33. The fourth-order valence-electron chi connectivity index (χ4n) is 2.28. The Hall–Kier alpha value is -1.40. The highest BCUT2D eigenvalue weighted by molar-refractivity contribution is 7.12. The maximum Gasteiger partial charge on any atom is 0.249 e. The number of rotatable bonds is 7. The largest absolute Gasteiger partial charge is 0.383 e. The van der Waals surface area contributed by atoms with Crippen LogP contribution in [0.3, 0.4) is 0 Å². The Morgan fingerprint density at radius 3 is 2.38 bits per heavy atom. The third-order valence-electron chi connectivity index (χ3n) is 3.92. The summed E-state index contributed by atoms with van der Waals surface area (Å²) in [6.07, 6.45) is -0.0293. The van der Waals surface area contributed by atoms with Crippen molar-refractivity contribution in [1.82, 2.24) is 10.6 Å². The van der Waals surface area contributed by atoms with Gasteiger partial charge in [-0.05, 0) is 37.3 Å². The van der Waals surface area contributed by atoms with Gasteiger partial charge in [-0.25, -0.2) is 0 Å². The van der Waals surface area contributed by atoms with Gasteiger partial charge in [-0.1, -0.05) is 27.7 Å². The molecule has 2 amide bonds. The van der Waals surface area contributed by atoms with Crippen LogP contribution in [0.25, 0.3) is 0 Å². The first-order chi connectivity index (χ1) is 11.0. The summed E-state index contributed by atoms with van der Waals surface area (Å²) in [4.78, 5) is 26.5.